The van der Waals surface area contributed by atoms with Crippen LogP contribution < -0.4 is 0 Å². The molecule has 0 heterocycles. The Labute approximate surface area is 248 Å². The zero-order chi connectivity index (χ0) is 27.9. The topological polar surface area (TPSA) is 52.6 Å². The van der Waals surface area contributed by atoms with E-state index >= 15 is 0 Å². The lowest BCUT2D eigenvalue weighted by Gasteiger charge is -2.41. The quantitative estimate of drug-likeness (QED) is 0.198. The molecular formula is C37H56O4. The number of esters is 2. The van der Waals surface area contributed by atoms with Gasteiger partial charge in [-0.2, -0.15) is 0 Å². The Kier molecular flexibility index (Phi) is 7.06. The summed E-state index contributed by atoms with van der Waals surface area (Å²) in [6.07, 6.45) is 22.0. The van der Waals surface area contributed by atoms with Crippen molar-refractivity contribution >= 4 is 11.9 Å². The summed E-state index contributed by atoms with van der Waals surface area (Å²) in [6, 6.07) is 0. The summed E-state index contributed by atoms with van der Waals surface area (Å²) in [5, 5.41) is 0. The van der Waals surface area contributed by atoms with Crippen LogP contribution in [0.1, 0.15) is 129 Å². The van der Waals surface area contributed by atoms with Gasteiger partial charge in [0.25, 0.3) is 0 Å². The molecule has 0 radical (unpaired) electrons. The summed E-state index contributed by atoms with van der Waals surface area (Å²) < 4.78 is 13.6. The second-order valence-corrected chi connectivity index (χ2v) is 16.9. The Morgan fingerprint density at radius 2 is 0.805 bits per heavy atom. The van der Waals surface area contributed by atoms with Gasteiger partial charge in [-0.25, -0.2) is 0 Å². The van der Waals surface area contributed by atoms with Gasteiger partial charge in [0.15, 0.2) is 5.41 Å². The number of hydrogen-bond donors (Lipinski definition) is 0. The molecule has 0 aromatic rings. The number of ether oxygens (including phenoxy) is 2. The van der Waals surface area contributed by atoms with E-state index in [1.54, 1.807) is 0 Å². The SMILES string of the molecule is CCC(CC)(C(=O)OC(C1CC2CCC1C2)C1CC2CCC1C2)C(=O)OC(C1CC2CCC1C2)C1CC2CCC1C2. The molecule has 0 aliphatic heterocycles. The monoisotopic (exact) mass is 564 g/mol. The van der Waals surface area contributed by atoms with Crippen molar-refractivity contribution in [2.24, 2.45) is 76.4 Å². The third kappa shape index (κ3) is 4.48. The number of hydrogen-bond acceptors (Lipinski definition) is 4. The first-order valence-electron chi connectivity index (χ1n) is 18.4. The largest absolute Gasteiger partial charge is 0.461 e. The van der Waals surface area contributed by atoms with Crippen LogP contribution in [0.15, 0.2) is 0 Å². The molecule has 0 spiro atoms. The molecule has 8 saturated carbocycles. The predicted octanol–water partition coefficient (Wildman–Crippen LogP) is 8.36. The van der Waals surface area contributed by atoms with Gasteiger partial charge in [0.05, 0.1) is 0 Å². The molecule has 12 unspecified atom stereocenters. The second-order valence-electron chi connectivity index (χ2n) is 16.9. The maximum atomic E-state index is 14.5. The molecule has 0 saturated heterocycles. The molecule has 0 aromatic heterocycles. The van der Waals surface area contributed by atoms with Gasteiger partial charge in [-0.3, -0.25) is 9.59 Å². The molecule has 12 atom stereocenters. The van der Waals surface area contributed by atoms with E-state index in [1.165, 1.54) is 103 Å². The zero-order valence-corrected chi connectivity index (χ0v) is 25.9. The number of rotatable bonds is 10. The maximum absolute atomic E-state index is 14.5. The summed E-state index contributed by atoms with van der Waals surface area (Å²) in [5.41, 5.74) is -1.15. The first kappa shape index (κ1) is 27.5. The molecule has 0 amide bonds. The first-order chi connectivity index (χ1) is 20.0. The Bertz CT molecular complexity index is 884. The van der Waals surface area contributed by atoms with E-state index in [-0.39, 0.29) is 24.1 Å². The standard InChI is InChI=1S/C37H56O4/c1-3-37(4-2,35(38)40-33(29-17-21-5-9-25(29)13-21)30-18-22-6-10-26(30)14-22)36(39)41-34(31-19-23-7-11-27(31)15-23)32-20-24-8-12-28(32)16-24/h21-34H,3-20H2,1-2H3. The molecule has 8 fully saturated rings. The molecule has 0 N–H and O–H groups in total. The number of fused-ring (bicyclic) bond motifs is 8. The van der Waals surface area contributed by atoms with E-state index in [9.17, 15) is 9.59 Å². The van der Waals surface area contributed by atoms with Crippen molar-refractivity contribution < 1.29 is 19.1 Å². The van der Waals surface area contributed by atoms with Crippen molar-refractivity contribution in [2.45, 2.75) is 142 Å². The van der Waals surface area contributed by atoms with Crippen molar-refractivity contribution in [1.29, 1.82) is 0 Å². The molecule has 228 valence electrons. The van der Waals surface area contributed by atoms with Gasteiger partial charge >= 0.3 is 11.9 Å². The number of carbonyl (C=O) groups excluding carboxylic acids is 2. The first-order valence-corrected chi connectivity index (χ1v) is 18.4. The van der Waals surface area contributed by atoms with Crippen LogP contribution >= 0.6 is 0 Å². The van der Waals surface area contributed by atoms with Gasteiger partial charge in [-0.05, 0) is 161 Å². The van der Waals surface area contributed by atoms with Crippen LogP contribution in [-0.2, 0) is 19.1 Å². The predicted molar refractivity (Wildman–Crippen MR) is 159 cm³/mol. The summed E-state index contributed by atoms with van der Waals surface area (Å²) in [7, 11) is 0. The molecule has 8 rings (SSSR count). The number of carbonyl (C=O) groups is 2. The van der Waals surface area contributed by atoms with E-state index in [0.29, 0.717) is 36.5 Å². The van der Waals surface area contributed by atoms with Crippen molar-refractivity contribution in [3.63, 3.8) is 0 Å². The van der Waals surface area contributed by atoms with Gasteiger partial charge in [0, 0.05) is 0 Å². The fourth-order valence-corrected chi connectivity index (χ4v) is 13.2. The Hall–Kier alpha value is -1.06. The average molecular weight is 565 g/mol. The lowest BCUT2D eigenvalue weighted by atomic mass is 9.73. The lowest BCUT2D eigenvalue weighted by Crippen LogP contribution is -2.49. The zero-order valence-electron chi connectivity index (χ0n) is 25.9. The average Bonchev–Trinajstić information content (AvgIpc) is 3.85. The van der Waals surface area contributed by atoms with Gasteiger partial charge in [-0.1, -0.05) is 39.5 Å². The summed E-state index contributed by atoms with van der Waals surface area (Å²) >= 11 is 0. The molecule has 8 bridgehead atoms. The van der Waals surface area contributed by atoms with Gasteiger partial charge in [0.1, 0.15) is 12.2 Å². The van der Waals surface area contributed by atoms with Gasteiger partial charge < -0.3 is 9.47 Å². The van der Waals surface area contributed by atoms with Crippen molar-refractivity contribution in [1.82, 2.24) is 0 Å². The van der Waals surface area contributed by atoms with Crippen LogP contribution in [-0.4, -0.2) is 24.1 Å². The van der Waals surface area contributed by atoms with E-state index in [0.717, 1.165) is 47.3 Å². The van der Waals surface area contributed by atoms with Crippen molar-refractivity contribution in [3.8, 4) is 0 Å². The highest BCUT2D eigenvalue weighted by molar-refractivity contribution is 6.00. The molecule has 4 heteroatoms. The lowest BCUT2D eigenvalue weighted by molar-refractivity contribution is -0.189. The minimum absolute atomic E-state index is 0.0188. The van der Waals surface area contributed by atoms with Gasteiger partial charge in [0.2, 0.25) is 0 Å². The molecule has 4 nitrogen and oxygen atoms in total. The molecule has 8 aliphatic carbocycles. The van der Waals surface area contributed by atoms with Crippen LogP contribution in [0.5, 0.6) is 0 Å². The minimum Gasteiger partial charge on any atom is -0.461 e. The van der Waals surface area contributed by atoms with Gasteiger partial charge in [-0.15, -0.1) is 0 Å². The molecule has 0 aromatic carbocycles. The van der Waals surface area contributed by atoms with Crippen LogP contribution in [0.2, 0.25) is 0 Å². The van der Waals surface area contributed by atoms with E-state index < -0.39 is 5.41 Å². The normalized spacial score (nSPS) is 46.9. The Balaban J connectivity index is 1.04. The Morgan fingerprint density at radius 3 is 1.00 bits per heavy atom. The maximum Gasteiger partial charge on any atom is 0.323 e. The highest BCUT2D eigenvalue weighted by Gasteiger charge is 2.57. The molecular weight excluding hydrogens is 508 g/mol. The fraction of sp³-hybridized carbons (Fsp3) is 0.946. The van der Waals surface area contributed by atoms with Crippen LogP contribution in [0.4, 0.5) is 0 Å². The minimum atomic E-state index is -1.15. The summed E-state index contributed by atoms with van der Waals surface area (Å²) in [6.45, 7) is 4.06. The Morgan fingerprint density at radius 1 is 0.512 bits per heavy atom. The van der Waals surface area contributed by atoms with Crippen LogP contribution in [0.25, 0.3) is 0 Å². The van der Waals surface area contributed by atoms with Crippen LogP contribution in [0, 0.1) is 76.4 Å². The molecule has 8 aliphatic rings. The van der Waals surface area contributed by atoms with Crippen LogP contribution in [0.3, 0.4) is 0 Å². The smallest absolute Gasteiger partial charge is 0.323 e. The second kappa shape index (κ2) is 10.5. The third-order valence-electron chi connectivity index (χ3n) is 15.3. The van der Waals surface area contributed by atoms with Crippen molar-refractivity contribution in [3.05, 3.63) is 0 Å². The van der Waals surface area contributed by atoms with E-state index in [2.05, 4.69) is 0 Å². The van der Waals surface area contributed by atoms with E-state index in [4.69, 9.17) is 9.47 Å². The van der Waals surface area contributed by atoms with Crippen molar-refractivity contribution in [2.75, 3.05) is 0 Å². The highest BCUT2D eigenvalue weighted by Crippen LogP contribution is 2.59. The summed E-state index contributed by atoms with van der Waals surface area (Å²) in [5.74, 6) is 7.82. The summed E-state index contributed by atoms with van der Waals surface area (Å²) in [4.78, 5) is 28.9. The highest BCUT2D eigenvalue weighted by atomic mass is 16.6. The fourth-order valence-electron chi connectivity index (χ4n) is 13.2. The molecule has 41 heavy (non-hydrogen) atoms. The van der Waals surface area contributed by atoms with E-state index in [1.807, 2.05) is 13.8 Å². The third-order valence-corrected chi connectivity index (χ3v) is 15.3.